The summed E-state index contributed by atoms with van der Waals surface area (Å²) in [5.41, 5.74) is -0.749. The van der Waals surface area contributed by atoms with Crippen molar-refractivity contribution in [3.63, 3.8) is 0 Å². The Hall–Kier alpha value is -1.59. The van der Waals surface area contributed by atoms with Gasteiger partial charge in [-0.05, 0) is 18.8 Å². The zero-order valence-electron chi connectivity index (χ0n) is 19.0. The summed E-state index contributed by atoms with van der Waals surface area (Å²) in [5, 5.41) is 0. The maximum absolute atomic E-state index is 12.2. The molecule has 29 heavy (non-hydrogen) atoms. The molecule has 2 unspecified atom stereocenters. The number of carbonyl (C=O) groups is 3. The molecule has 168 valence electrons. The first kappa shape index (κ1) is 25.4. The minimum absolute atomic E-state index is 0.268. The normalized spacial score (nSPS) is 24.2. The third-order valence-corrected chi connectivity index (χ3v) is 5.43. The van der Waals surface area contributed by atoms with Crippen LogP contribution in [0.5, 0.6) is 0 Å². The Morgan fingerprint density at radius 3 is 1.79 bits per heavy atom. The fourth-order valence-electron chi connectivity index (χ4n) is 3.92. The van der Waals surface area contributed by atoms with Gasteiger partial charge in [-0.1, -0.05) is 53.9 Å². The molecule has 2 atom stereocenters. The molecule has 1 aliphatic carbocycles. The van der Waals surface area contributed by atoms with Crippen molar-refractivity contribution in [1.29, 1.82) is 0 Å². The van der Waals surface area contributed by atoms with Crippen LogP contribution in [0.25, 0.3) is 0 Å². The summed E-state index contributed by atoms with van der Waals surface area (Å²) < 4.78 is 17.1. The average molecular weight is 413 g/mol. The molecule has 0 aromatic rings. The third-order valence-electron chi connectivity index (χ3n) is 5.43. The zero-order valence-corrected chi connectivity index (χ0v) is 19.0. The van der Waals surface area contributed by atoms with Gasteiger partial charge in [0.25, 0.3) is 0 Å². The Balaban J connectivity index is 2.93. The van der Waals surface area contributed by atoms with Crippen molar-refractivity contribution in [2.45, 2.75) is 123 Å². The number of esters is 3. The van der Waals surface area contributed by atoms with E-state index in [1.165, 1.54) is 6.42 Å². The standard InChI is InChI=1S/C23H40O6/c1-6-20(24)27-18-14-19(28-21(25)7-2)16-23(15-18,29-22(26)8-3)13-11-9-10-12-17(4)5/h17-19H,6-16H2,1-5H3. The molecule has 6 heteroatoms. The van der Waals surface area contributed by atoms with Gasteiger partial charge in [0.2, 0.25) is 0 Å². The highest BCUT2D eigenvalue weighted by Crippen LogP contribution is 2.39. The molecular formula is C23H40O6. The topological polar surface area (TPSA) is 78.9 Å². The summed E-state index contributed by atoms with van der Waals surface area (Å²) >= 11 is 0. The summed E-state index contributed by atoms with van der Waals surface area (Å²) in [6.45, 7) is 9.69. The maximum Gasteiger partial charge on any atom is 0.306 e. The largest absolute Gasteiger partial charge is 0.462 e. The molecule has 0 aromatic carbocycles. The van der Waals surface area contributed by atoms with Crippen LogP contribution in [0.15, 0.2) is 0 Å². The first-order valence-corrected chi connectivity index (χ1v) is 11.3. The van der Waals surface area contributed by atoms with E-state index in [-0.39, 0.29) is 37.2 Å². The molecule has 0 spiro atoms. The summed E-state index contributed by atoms with van der Waals surface area (Å²) in [6.07, 6.45) is 6.41. The Bertz CT molecular complexity index is 501. The second kappa shape index (κ2) is 12.9. The van der Waals surface area contributed by atoms with Crippen LogP contribution >= 0.6 is 0 Å². The summed E-state index contributed by atoms with van der Waals surface area (Å²) in [4.78, 5) is 36.0. The van der Waals surface area contributed by atoms with Crippen LogP contribution in [0, 0.1) is 5.92 Å². The first-order valence-electron chi connectivity index (χ1n) is 11.3. The van der Waals surface area contributed by atoms with Crippen LogP contribution in [-0.2, 0) is 28.6 Å². The van der Waals surface area contributed by atoms with Gasteiger partial charge in [-0.2, -0.15) is 0 Å². The molecule has 1 aliphatic rings. The lowest BCUT2D eigenvalue weighted by Gasteiger charge is -2.43. The molecule has 1 rings (SSSR count). The van der Waals surface area contributed by atoms with Crippen LogP contribution in [0.3, 0.4) is 0 Å². The number of ether oxygens (including phenoxy) is 3. The molecule has 0 radical (unpaired) electrons. The number of rotatable bonds is 12. The van der Waals surface area contributed by atoms with Gasteiger partial charge in [-0.3, -0.25) is 14.4 Å². The highest BCUT2D eigenvalue weighted by Gasteiger charge is 2.45. The van der Waals surface area contributed by atoms with E-state index in [4.69, 9.17) is 14.2 Å². The van der Waals surface area contributed by atoms with Crippen molar-refractivity contribution < 1.29 is 28.6 Å². The van der Waals surface area contributed by atoms with E-state index in [1.807, 2.05) is 0 Å². The molecule has 1 saturated carbocycles. The Morgan fingerprint density at radius 1 is 0.828 bits per heavy atom. The molecule has 6 nitrogen and oxygen atoms in total. The fraction of sp³-hybridized carbons (Fsp3) is 0.870. The summed E-state index contributed by atoms with van der Waals surface area (Å²) in [5.74, 6) is -0.169. The van der Waals surface area contributed by atoms with E-state index >= 15 is 0 Å². The van der Waals surface area contributed by atoms with Crippen molar-refractivity contribution in [2.75, 3.05) is 0 Å². The lowest BCUT2D eigenvalue weighted by molar-refractivity contribution is -0.186. The molecule has 0 amide bonds. The summed E-state index contributed by atoms with van der Waals surface area (Å²) in [6, 6.07) is 0. The minimum Gasteiger partial charge on any atom is -0.462 e. The van der Waals surface area contributed by atoms with Crippen LogP contribution in [0.1, 0.15) is 105 Å². The van der Waals surface area contributed by atoms with Crippen LogP contribution in [0.2, 0.25) is 0 Å². The molecule has 0 bridgehead atoms. The molecule has 0 N–H and O–H groups in total. The lowest BCUT2D eigenvalue weighted by atomic mass is 9.77. The molecule has 1 fully saturated rings. The van der Waals surface area contributed by atoms with Crippen molar-refractivity contribution in [3.05, 3.63) is 0 Å². The molecule has 0 aliphatic heterocycles. The highest BCUT2D eigenvalue weighted by atomic mass is 16.6. The minimum atomic E-state index is -0.749. The van der Waals surface area contributed by atoms with Gasteiger partial charge in [0.15, 0.2) is 0 Å². The number of unbranched alkanes of at least 4 members (excludes halogenated alkanes) is 2. The Morgan fingerprint density at radius 2 is 1.34 bits per heavy atom. The van der Waals surface area contributed by atoms with E-state index in [1.54, 1.807) is 20.8 Å². The predicted molar refractivity (Wildman–Crippen MR) is 111 cm³/mol. The molecule has 0 saturated heterocycles. The summed E-state index contributed by atoms with van der Waals surface area (Å²) in [7, 11) is 0. The van der Waals surface area contributed by atoms with E-state index < -0.39 is 17.8 Å². The van der Waals surface area contributed by atoms with Gasteiger partial charge in [0, 0.05) is 38.5 Å². The maximum atomic E-state index is 12.2. The second-order valence-corrected chi connectivity index (χ2v) is 8.58. The van der Waals surface area contributed by atoms with Crippen LogP contribution in [0.4, 0.5) is 0 Å². The SMILES string of the molecule is CCC(=O)OC1CC(OC(=O)CC)CC(CCCCCC(C)C)(OC(=O)CC)C1. The predicted octanol–water partition coefficient (Wildman–Crippen LogP) is 5.11. The Kier molecular flexibility index (Phi) is 11.3. The molecule has 0 aromatic heterocycles. The van der Waals surface area contributed by atoms with Crippen LogP contribution in [-0.4, -0.2) is 35.7 Å². The monoisotopic (exact) mass is 412 g/mol. The van der Waals surface area contributed by atoms with Gasteiger partial charge >= 0.3 is 17.9 Å². The van der Waals surface area contributed by atoms with Gasteiger partial charge in [-0.25, -0.2) is 0 Å². The Labute approximate surface area is 176 Å². The quantitative estimate of drug-likeness (QED) is 0.252. The van der Waals surface area contributed by atoms with E-state index in [0.717, 1.165) is 19.3 Å². The number of carbonyl (C=O) groups excluding carboxylic acids is 3. The lowest BCUT2D eigenvalue weighted by Crippen LogP contribution is -2.49. The van der Waals surface area contributed by atoms with Gasteiger partial charge in [-0.15, -0.1) is 0 Å². The van der Waals surface area contributed by atoms with E-state index in [9.17, 15) is 14.4 Å². The molecular weight excluding hydrogens is 372 g/mol. The van der Waals surface area contributed by atoms with Gasteiger partial charge in [0.1, 0.15) is 17.8 Å². The van der Waals surface area contributed by atoms with Gasteiger partial charge < -0.3 is 14.2 Å². The second-order valence-electron chi connectivity index (χ2n) is 8.58. The van der Waals surface area contributed by atoms with Crippen molar-refractivity contribution in [3.8, 4) is 0 Å². The van der Waals surface area contributed by atoms with E-state index in [0.29, 0.717) is 31.6 Å². The van der Waals surface area contributed by atoms with Crippen molar-refractivity contribution >= 4 is 17.9 Å². The van der Waals surface area contributed by atoms with Crippen LogP contribution < -0.4 is 0 Å². The number of hydrogen-bond donors (Lipinski definition) is 0. The highest BCUT2D eigenvalue weighted by molar-refractivity contribution is 5.70. The fourth-order valence-corrected chi connectivity index (χ4v) is 3.92. The zero-order chi connectivity index (χ0) is 21.9. The van der Waals surface area contributed by atoms with E-state index in [2.05, 4.69) is 13.8 Å². The smallest absolute Gasteiger partial charge is 0.306 e. The average Bonchev–Trinajstić information content (AvgIpc) is 2.66. The number of hydrogen-bond acceptors (Lipinski definition) is 6. The first-order chi connectivity index (χ1) is 13.7. The van der Waals surface area contributed by atoms with Crippen molar-refractivity contribution in [2.24, 2.45) is 5.92 Å². The molecule has 0 heterocycles. The van der Waals surface area contributed by atoms with Crippen molar-refractivity contribution in [1.82, 2.24) is 0 Å². The third kappa shape index (κ3) is 9.64. The van der Waals surface area contributed by atoms with Gasteiger partial charge in [0.05, 0.1) is 0 Å².